The fraction of sp³-hybridized carbons (Fsp3) is 0.208. The van der Waals surface area contributed by atoms with Crippen LogP contribution in [0.2, 0.25) is 0 Å². The van der Waals surface area contributed by atoms with Crippen LogP contribution in [0.25, 0.3) is 34.3 Å². The number of hydrogen-bond acceptors (Lipinski definition) is 6. The summed E-state index contributed by atoms with van der Waals surface area (Å²) < 4.78 is 0. The number of benzene rings is 2. The van der Waals surface area contributed by atoms with Gasteiger partial charge in [-0.25, -0.2) is 9.97 Å². The minimum absolute atomic E-state index is 0.268. The number of nitrogen functional groups attached to an aromatic ring is 1. The number of hydrogen-bond donors (Lipinski definition) is 2. The standard InChI is InChI=1S/C24H25N7/c1-30-12-14-31(15-13-30)19-6-2-17(3-7-19)4-9-22-20-8-5-18(16-23(20)29-28-22)21-10-11-26-24(25)27-21/h2-11,16H,12-15H2,1H3,(H,28,29)(H2,25,26,27). The van der Waals surface area contributed by atoms with Crippen LogP contribution in [0.15, 0.2) is 54.7 Å². The van der Waals surface area contributed by atoms with Crippen LogP contribution in [-0.4, -0.2) is 58.3 Å². The van der Waals surface area contributed by atoms with Gasteiger partial charge >= 0.3 is 0 Å². The lowest BCUT2D eigenvalue weighted by molar-refractivity contribution is 0.313. The Morgan fingerprint density at radius 1 is 0.968 bits per heavy atom. The Bertz CT molecular complexity index is 1220. The van der Waals surface area contributed by atoms with Gasteiger partial charge in [-0.1, -0.05) is 24.3 Å². The van der Waals surface area contributed by atoms with Crippen molar-refractivity contribution in [3.8, 4) is 11.3 Å². The third-order valence-corrected chi connectivity index (χ3v) is 5.76. The number of fused-ring (bicyclic) bond motifs is 1. The molecule has 4 aromatic rings. The number of nitrogens with one attached hydrogen (secondary N) is 1. The van der Waals surface area contributed by atoms with Gasteiger partial charge < -0.3 is 15.5 Å². The molecule has 7 heteroatoms. The Morgan fingerprint density at radius 3 is 2.55 bits per heavy atom. The quantitative estimate of drug-likeness (QED) is 0.534. The van der Waals surface area contributed by atoms with Crippen LogP contribution >= 0.6 is 0 Å². The minimum Gasteiger partial charge on any atom is -0.369 e. The van der Waals surface area contributed by atoms with Crippen molar-refractivity contribution in [2.45, 2.75) is 0 Å². The van der Waals surface area contributed by atoms with Gasteiger partial charge in [0, 0.05) is 49.0 Å². The molecule has 1 aliphatic heterocycles. The maximum atomic E-state index is 5.71. The summed E-state index contributed by atoms with van der Waals surface area (Å²) >= 11 is 0. The highest BCUT2D eigenvalue weighted by atomic mass is 15.2. The monoisotopic (exact) mass is 411 g/mol. The summed E-state index contributed by atoms with van der Waals surface area (Å²) in [5, 5.41) is 8.66. The lowest BCUT2D eigenvalue weighted by atomic mass is 10.1. The van der Waals surface area contributed by atoms with E-state index in [0.29, 0.717) is 0 Å². The number of nitrogens with zero attached hydrogens (tertiary/aromatic N) is 5. The van der Waals surface area contributed by atoms with E-state index in [9.17, 15) is 0 Å². The van der Waals surface area contributed by atoms with Crippen molar-refractivity contribution >= 4 is 34.7 Å². The van der Waals surface area contributed by atoms with Crippen molar-refractivity contribution in [1.82, 2.24) is 25.1 Å². The van der Waals surface area contributed by atoms with E-state index in [1.165, 1.54) is 5.69 Å². The number of aromatic amines is 1. The van der Waals surface area contributed by atoms with Gasteiger partial charge in [0.05, 0.1) is 16.9 Å². The van der Waals surface area contributed by atoms with Gasteiger partial charge in [-0.15, -0.1) is 0 Å². The lowest BCUT2D eigenvalue weighted by Crippen LogP contribution is -2.44. The van der Waals surface area contributed by atoms with E-state index in [1.807, 2.05) is 24.3 Å². The van der Waals surface area contributed by atoms with Crippen molar-refractivity contribution in [1.29, 1.82) is 0 Å². The summed E-state index contributed by atoms with van der Waals surface area (Å²) in [6.07, 6.45) is 5.81. The molecular formula is C24H25N7. The van der Waals surface area contributed by atoms with Crippen molar-refractivity contribution in [2.75, 3.05) is 43.9 Å². The Balaban J connectivity index is 1.33. The van der Waals surface area contributed by atoms with E-state index in [2.05, 4.69) is 73.4 Å². The number of likely N-dealkylation sites (N-methyl/N-ethyl adjacent to an activating group) is 1. The minimum atomic E-state index is 0.268. The van der Waals surface area contributed by atoms with Gasteiger partial charge in [-0.3, -0.25) is 5.10 Å². The molecule has 1 fully saturated rings. The molecule has 1 aliphatic rings. The molecule has 2 aromatic carbocycles. The second kappa shape index (κ2) is 8.20. The topological polar surface area (TPSA) is 87.0 Å². The van der Waals surface area contributed by atoms with E-state index in [1.54, 1.807) is 6.20 Å². The van der Waals surface area contributed by atoms with Crippen LogP contribution in [0, 0.1) is 0 Å². The van der Waals surface area contributed by atoms with Crippen molar-refractivity contribution in [2.24, 2.45) is 0 Å². The molecular weight excluding hydrogens is 386 g/mol. The first kappa shape index (κ1) is 19.3. The molecule has 0 bridgehead atoms. The van der Waals surface area contributed by atoms with E-state index >= 15 is 0 Å². The zero-order valence-electron chi connectivity index (χ0n) is 17.5. The fourth-order valence-electron chi connectivity index (χ4n) is 3.90. The van der Waals surface area contributed by atoms with E-state index in [-0.39, 0.29) is 5.95 Å². The second-order valence-corrected chi connectivity index (χ2v) is 7.88. The zero-order chi connectivity index (χ0) is 21.2. The molecule has 7 nitrogen and oxygen atoms in total. The molecule has 3 heterocycles. The van der Waals surface area contributed by atoms with E-state index < -0.39 is 0 Å². The van der Waals surface area contributed by atoms with Gasteiger partial charge in [-0.2, -0.15) is 5.10 Å². The van der Waals surface area contributed by atoms with Crippen molar-refractivity contribution in [3.63, 3.8) is 0 Å². The van der Waals surface area contributed by atoms with Crippen molar-refractivity contribution < 1.29 is 0 Å². The third kappa shape index (κ3) is 4.13. The van der Waals surface area contributed by atoms with Gasteiger partial charge in [0.1, 0.15) is 0 Å². The smallest absolute Gasteiger partial charge is 0.220 e. The summed E-state index contributed by atoms with van der Waals surface area (Å²) in [5.74, 6) is 0.268. The molecule has 0 radical (unpaired) electrons. The molecule has 0 saturated carbocycles. The van der Waals surface area contributed by atoms with Crippen LogP contribution in [0.4, 0.5) is 11.6 Å². The second-order valence-electron chi connectivity index (χ2n) is 7.88. The molecule has 3 N–H and O–H groups in total. The first-order valence-corrected chi connectivity index (χ1v) is 10.4. The predicted molar refractivity (Wildman–Crippen MR) is 127 cm³/mol. The number of piperazine rings is 1. The SMILES string of the molecule is CN1CCN(c2ccc(C=Cc3n[nH]c4cc(-c5ccnc(N)n5)ccc34)cc2)CC1. The van der Waals surface area contributed by atoms with Crippen LogP contribution in [0.3, 0.4) is 0 Å². The molecule has 156 valence electrons. The normalized spacial score (nSPS) is 15.2. The Morgan fingerprint density at radius 2 is 1.77 bits per heavy atom. The van der Waals surface area contributed by atoms with Gasteiger partial charge in [0.25, 0.3) is 0 Å². The molecule has 0 unspecified atom stereocenters. The first-order valence-electron chi connectivity index (χ1n) is 10.4. The molecule has 0 atom stereocenters. The van der Waals surface area contributed by atoms with Crippen LogP contribution in [0.1, 0.15) is 11.3 Å². The van der Waals surface area contributed by atoms with Gasteiger partial charge in [0.15, 0.2) is 0 Å². The molecule has 2 aromatic heterocycles. The van der Waals surface area contributed by atoms with Crippen LogP contribution in [0.5, 0.6) is 0 Å². The van der Waals surface area contributed by atoms with Crippen LogP contribution in [-0.2, 0) is 0 Å². The largest absolute Gasteiger partial charge is 0.369 e. The molecule has 31 heavy (non-hydrogen) atoms. The van der Waals surface area contributed by atoms with E-state index in [0.717, 1.165) is 59.6 Å². The number of aromatic nitrogens is 4. The number of anilines is 2. The number of nitrogens with two attached hydrogens (primary N) is 1. The highest BCUT2D eigenvalue weighted by Gasteiger charge is 2.13. The molecule has 0 amide bonds. The average Bonchev–Trinajstić information content (AvgIpc) is 3.21. The highest BCUT2D eigenvalue weighted by Crippen LogP contribution is 2.25. The zero-order valence-corrected chi connectivity index (χ0v) is 17.5. The predicted octanol–water partition coefficient (Wildman–Crippen LogP) is 3.52. The number of rotatable bonds is 4. The first-order chi connectivity index (χ1) is 15.2. The molecule has 0 spiro atoms. The summed E-state index contributed by atoms with van der Waals surface area (Å²) in [6.45, 7) is 4.38. The number of H-pyrrole nitrogens is 1. The van der Waals surface area contributed by atoms with Crippen molar-refractivity contribution in [3.05, 3.63) is 66.0 Å². The van der Waals surface area contributed by atoms with E-state index in [4.69, 9.17) is 5.73 Å². The maximum Gasteiger partial charge on any atom is 0.220 e. The van der Waals surface area contributed by atoms with Gasteiger partial charge in [-0.05, 0) is 49.0 Å². The average molecular weight is 412 g/mol. The molecule has 1 saturated heterocycles. The maximum absolute atomic E-state index is 5.71. The fourth-order valence-corrected chi connectivity index (χ4v) is 3.90. The summed E-state index contributed by atoms with van der Waals surface area (Å²) in [7, 11) is 2.18. The Hall–Kier alpha value is -3.71. The highest BCUT2D eigenvalue weighted by molar-refractivity contribution is 5.91. The lowest BCUT2D eigenvalue weighted by Gasteiger charge is -2.34. The summed E-state index contributed by atoms with van der Waals surface area (Å²) in [5.41, 5.74) is 11.8. The van der Waals surface area contributed by atoms with Gasteiger partial charge in [0.2, 0.25) is 5.95 Å². The summed E-state index contributed by atoms with van der Waals surface area (Å²) in [4.78, 5) is 13.1. The third-order valence-electron chi connectivity index (χ3n) is 5.76. The Kier molecular flexibility index (Phi) is 5.09. The summed E-state index contributed by atoms with van der Waals surface area (Å²) in [6, 6.07) is 16.7. The molecule has 0 aliphatic carbocycles. The molecule has 5 rings (SSSR count). The Labute approximate surface area is 181 Å². The van der Waals surface area contributed by atoms with Crippen LogP contribution < -0.4 is 10.6 Å².